The summed E-state index contributed by atoms with van der Waals surface area (Å²) < 4.78 is 41.9. The van der Waals surface area contributed by atoms with Crippen LogP contribution in [0.5, 0.6) is 11.5 Å². The lowest BCUT2D eigenvalue weighted by atomic mass is 9.98. The number of nitrogens with one attached hydrogen (secondary N) is 2. The van der Waals surface area contributed by atoms with Crippen LogP contribution in [0.25, 0.3) is 22.2 Å². The Bertz CT molecular complexity index is 1570. The molecule has 1 aliphatic rings. The molecule has 0 atom stereocenters. The summed E-state index contributed by atoms with van der Waals surface area (Å²) in [4.78, 5) is 28.7. The Balaban J connectivity index is 1.91. The van der Waals surface area contributed by atoms with Crippen LogP contribution in [-0.2, 0) is 27.9 Å². The van der Waals surface area contributed by atoms with Crippen molar-refractivity contribution in [3.63, 3.8) is 0 Å². The average Bonchev–Trinajstić information content (AvgIpc) is 3.41. The lowest BCUT2D eigenvalue weighted by Crippen LogP contribution is -2.27. The second-order valence-electron chi connectivity index (χ2n) is 11.0. The molecular formula is C28H36N4O7S. The highest BCUT2D eigenvalue weighted by Gasteiger charge is 2.34. The van der Waals surface area contributed by atoms with E-state index >= 15 is 0 Å². The monoisotopic (exact) mass is 572 g/mol. The van der Waals surface area contributed by atoms with Crippen molar-refractivity contribution in [2.24, 2.45) is 0 Å². The number of aromatic nitrogens is 1. The maximum absolute atomic E-state index is 13.6. The standard InChI is InChI=1S/C28H36N4O7S/c1-28(2,3)38-27(34)32-21-9-8-17(15-29-10-11-31(4)5)12-18(21)13-22(32)19-14-23(37-6)25(39-40(7,35)36)20-16-30-26(33)24(19)20/h8-9,12-14,29H,10-11,15-16H2,1-7H3,(H,30,33). The first kappa shape index (κ1) is 29.4. The number of hydrogen-bond donors (Lipinski definition) is 2. The molecule has 4 rings (SSSR count). The molecule has 216 valence electrons. The summed E-state index contributed by atoms with van der Waals surface area (Å²) in [6, 6.07) is 9.12. The highest BCUT2D eigenvalue weighted by Crippen LogP contribution is 2.44. The van der Waals surface area contributed by atoms with Crippen LogP contribution in [0.2, 0.25) is 0 Å². The molecule has 1 amide bonds. The minimum atomic E-state index is -3.92. The summed E-state index contributed by atoms with van der Waals surface area (Å²) in [5.74, 6) is -0.367. The molecule has 40 heavy (non-hydrogen) atoms. The molecule has 0 unspecified atom stereocenters. The molecule has 11 nitrogen and oxygen atoms in total. The van der Waals surface area contributed by atoms with Gasteiger partial charge in [0.2, 0.25) is 0 Å². The number of amides is 1. The van der Waals surface area contributed by atoms with E-state index < -0.39 is 27.7 Å². The lowest BCUT2D eigenvalue weighted by molar-refractivity contribution is 0.0546. The number of hydrogen-bond acceptors (Lipinski definition) is 9. The molecular weight excluding hydrogens is 536 g/mol. The van der Waals surface area contributed by atoms with Crippen LogP contribution < -0.4 is 19.6 Å². The third-order valence-electron chi connectivity index (χ3n) is 6.23. The summed E-state index contributed by atoms with van der Waals surface area (Å²) in [6.45, 7) is 7.73. The SMILES string of the molecule is COc1cc(-c2cc3cc(CNCCN(C)C)ccc3n2C(=O)OC(C)(C)C)c2c(c1OS(C)(=O)=O)CNC2=O. The van der Waals surface area contributed by atoms with Crippen LogP contribution in [0, 0.1) is 0 Å². The molecule has 3 aromatic rings. The van der Waals surface area contributed by atoms with Gasteiger partial charge >= 0.3 is 16.2 Å². The lowest BCUT2D eigenvalue weighted by Gasteiger charge is -2.22. The van der Waals surface area contributed by atoms with Gasteiger partial charge in [-0.2, -0.15) is 8.42 Å². The molecule has 0 radical (unpaired) electrons. The van der Waals surface area contributed by atoms with E-state index in [0.717, 1.165) is 30.3 Å². The number of fused-ring (bicyclic) bond motifs is 2. The zero-order valence-corrected chi connectivity index (χ0v) is 24.7. The van der Waals surface area contributed by atoms with Gasteiger partial charge in [0.25, 0.3) is 5.91 Å². The number of nitrogens with zero attached hydrogens (tertiary/aromatic N) is 2. The molecule has 2 N–H and O–H groups in total. The van der Waals surface area contributed by atoms with Gasteiger partial charge in [-0.15, -0.1) is 0 Å². The summed E-state index contributed by atoms with van der Waals surface area (Å²) in [6.07, 6.45) is 0.307. The Hall–Kier alpha value is -3.61. The maximum Gasteiger partial charge on any atom is 0.419 e. The number of rotatable bonds is 9. The Morgan fingerprint density at radius 1 is 1.18 bits per heavy atom. The largest absolute Gasteiger partial charge is 0.493 e. The van der Waals surface area contributed by atoms with Crippen molar-refractivity contribution in [1.82, 2.24) is 20.1 Å². The van der Waals surface area contributed by atoms with E-state index in [2.05, 4.69) is 15.5 Å². The molecule has 0 bridgehead atoms. The molecule has 1 aromatic heterocycles. The first-order valence-electron chi connectivity index (χ1n) is 12.8. The third kappa shape index (κ3) is 6.40. The van der Waals surface area contributed by atoms with Crippen molar-refractivity contribution >= 4 is 33.0 Å². The first-order valence-corrected chi connectivity index (χ1v) is 14.6. The van der Waals surface area contributed by atoms with Crippen LogP contribution in [0.4, 0.5) is 4.79 Å². The van der Waals surface area contributed by atoms with Crippen LogP contribution in [0.15, 0.2) is 30.3 Å². The fourth-order valence-electron chi connectivity index (χ4n) is 4.59. The van der Waals surface area contributed by atoms with Gasteiger partial charge in [-0.05, 0) is 64.7 Å². The number of ether oxygens (including phenoxy) is 2. The highest BCUT2D eigenvalue weighted by atomic mass is 32.2. The van der Waals surface area contributed by atoms with Crippen molar-refractivity contribution in [2.45, 2.75) is 39.5 Å². The molecule has 0 saturated heterocycles. The van der Waals surface area contributed by atoms with Gasteiger partial charge in [-0.25, -0.2) is 9.36 Å². The van der Waals surface area contributed by atoms with Crippen molar-refractivity contribution in [3.05, 3.63) is 47.0 Å². The normalized spacial score (nSPS) is 13.4. The number of likely N-dealkylation sites (N-methyl/N-ethyl adjacent to an activating group) is 1. The molecule has 2 heterocycles. The van der Waals surface area contributed by atoms with Crippen molar-refractivity contribution in [3.8, 4) is 22.8 Å². The fourth-order valence-corrected chi connectivity index (χ4v) is 5.07. The minimum absolute atomic E-state index is 0.0403. The number of benzene rings is 2. The molecule has 0 spiro atoms. The Labute approximate surface area is 234 Å². The molecule has 12 heteroatoms. The summed E-state index contributed by atoms with van der Waals surface area (Å²) >= 11 is 0. The smallest absolute Gasteiger partial charge is 0.419 e. The van der Waals surface area contributed by atoms with Crippen molar-refractivity contribution in [2.75, 3.05) is 40.6 Å². The van der Waals surface area contributed by atoms with Gasteiger partial charge in [-0.3, -0.25) is 4.79 Å². The first-order chi connectivity index (χ1) is 18.7. The summed E-state index contributed by atoms with van der Waals surface area (Å²) in [5, 5.41) is 6.92. The molecule has 0 aliphatic carbocycles. The quantitative estimate of drug-likeness (QED) is 0.293. The fraction of sp³-hybridized carbons (Fsp3) is 0.429. The van der Waals surface area contributed by atoms with E-state index in [1.165, 1.54) is 17.7 Å². The van der Waals surface area contributed by atoms with Crippen LogP contribution in [0.1, 0.15) is 42.3 Å². The molecule has 0 fully saturated rings. The van der Waals surface area contributed by atoms with E-state index in [1.807, 2.05) is 38.4 Å². The highest BCUT2D eigenvalue weighted by molar-refractivity contribution is 7.86. The Kier molecular flexibility index (Phi) is 8.16. The molecule has 2 aromatic carbocycles. The summed E-state index contributed by atoms with van der Waals surface area (Å²) in [7, 11) is 1.49. The average molecular weight is 573 g/mol. The second kappa shape index (κ2) is 11.1. The Morgan fingerprint density at radius 3 is 2.52 bits per heavy atom. The van der Waals surface area contributed by atoms with Crippen LogP contribution in [-0.4, -0.2) is 76.0 Å². The zero-order chi connectivity index (χ0) is 29.4. The van der Waals surface area contributed by atoms with Gasteiger partial charge in [-0.1, -0.05) is 6.07 Å². The van der Waals surface area contributed by atoms with Gasteiger partial charge in [0.05, 0.1) is 30.1 Å². The minimum Gasteiger partial charge on any atom is -0.493 e. The van der Waals surface area contributed by atoms with Crippen LogP contribution >= 0.6 is 0 Å². The van der Waals surface area contributed by atoms with Crippen LogP contribution in [0.3, 0.4) is 0 Å². The van der Waals surface area contributed by atoms with Gasteiger partial charge in [0, 0.05) is 42.7 Å². The maximum atomic E-state index is 13.6. The topological polar surface area (TPSA) is 128 Å². The van der Waals surface area contributed by atoms with E-state index in [1.54, 1.807) is 20.8 Å². The van der Waals surface area contributed by atoms with E-state index in [0.29, 0.717) is 28.9 Å². The van der Waals surface area contributed by atoms with Crippen molar-refractivity contribution < 1.29 is 31.7 Å². The third-order valence-corrected chi connectivity index (χ3v) is 6.70. The van der Waals surface area contributed by atoms with Gasteiger partial charge in [0.1, 0.15) is 5.60 Å². The van der Waals surface area contributed by atoms with E-state index in [-0.39, 0.29) is 23.6 Å². The van der Waals surface area contributed by atoms with E-state index in [4.69, 9.17) is 13.7 Å². The molecule has 1 aliphatic heterocycles. The predicted molar refractivity (Wildman–Crippen MR) is 152 cm³/mol. The number of carbonyl (C=O) groups excluding carboxylic acids is 2. The number of carbonyl (C=O) groups is 2. The Morgan fingerprint density at radius 2 is 1.90 bits per heavy atom. The zero-order valence-electron chi connectivity index (χ0n) is 23.9. The van der Waals surface area contributed by atoms with Gasteiger partial charge < -0.3 is 29.2 Å². The summed E-state index contributed by atoms with van der Waals surface area (Å²) in [5.41, 5.74) is 2.18. The van der Waals surface area contributed by atoms with E-state index in [9.17, 15) is 18.0 Å². The second-order valence-corrected chi connectivity index (χ2v) is 12.6. The van der Waals surface area contributed by atoms with Crippen molar-refractivity contribution in [1.29, 1.82) is 0 Å². The number of methoxy groups -OCH3 is 1. The predicted octanol–water partition coefficient (Wildman–Crippen LogP) is 3.33. The van der Waals surface area contributed by atoms with Gasteiger partial charge in [0.15, 0.2) is 11.5 Å². The molecule has 0 saturated carbocycles.